The van der Waals surface area contributed by atoms with Crippen LogP contribution >= 0.6 is 39.1 Å². The van der Waals surface area contributed by atoms with E-state index in [-0.39, 0.29) is 11.0 Å². The van der Waals surface area contributed by atoms with Crippen LogP contribution in [-0.4, -0.2) is 27.2 Å². The summed E-state index contributed by atoms with van der Waals surface area (Å²) in [6.45, 7) is 0. The quantitative estimate of drug-likeness (QED) is 0.663. The minimum Gasteiger partial charge on any atom is -0.390 e. The Bertz CT molecular complexity index is 338. The minimum absolute atomic E-state index is 0.269. The number of hydrogen-bond donors (Lipinski definition) is 2. The number of aliphatic hydroxyl groups excluding tert-OH is 2. The first kappa shape index (κ1) is 13.2. The number of halogens is 3. The van der Waals surface area contributed by atoms with Gasteiger partial charge in [0.15, 0.2) is 0 Å². The molecule has 1 aromatic heterocycles. The third-order valence-corrected chi connectivity index (χ3v) is 3.03. The molecular weight excluding hydrogens is 305 g/mol. The Morgan fingerprint density at radius 2 is 2.13 bits per heavy atom. The molecule has 0 saturated carbocycles. The van der Waals surface area contributed by atoms with Crippen LogP contribution in [0.2, 0.25) is 5.15 Å². The highest BCUT2D eigenvalue weighted by Gasteiger charge is 2.20. The van der Waals surface area contributed by atoms with Gasteiger partial charge in [0.1, 0.15) is 11.3 Å². The summed E-state index contributed by atoms with van der Waals surface area (Å²) in [5.74, 6) is 0.286. The van der Waals surface area contributed by atoms with Gasteiger partial charge >= 0.3 is 0 Å². The highest BCUT2D eigenvalue weighted by Crippen LogP contribution is 2.28. The second-order valence-corrected chi connectivity index (χ2v) is 4.64. The average Bonchev–Trinajstić information content (AvgIpc) is 2.21. The van der Waals surface area contributed by atoms with Crippen molar-refractivity contribution in [2.75, 3.05) is 5.88 Å². The summed E-state index contributed by atoms with van der Waals surface area (Å²) in [6, 6.07) is 1.51. The highest BCUT2D eigenvalue weighted by atomic mass is 79.9. The number of rotatable bonds is 4. The largest absolute Gasteiger partial charge is 0.390 e. The third-order valence-electron chi connectivity index (χ3n) is 1.94. The van der Waals surface area contributed by atoms with Crippen LogP contribution < -0.4 is 0 Å². The lowest BCUT2D eigenvalue weighted by Gasteiger charge is -2.18. The van der Waals surface area contributed by atoms with E-state index in [1.807, 2.05) is 0 Å². The summed E-state index contributed by atoms with van der Waals surface area (Å²) >= 11 is 14.4. The Kier molecular flexibility index (Phi) is 5.29. The van der Waals surface area contributed by atoms with Crippen LogP contribution in [0.15, 0.2) is 16.7 Å². The molecule has 2 atom stereocenters. The molecule has 3 nitrogen and oxygen atoms in total. The van der Waals surface area contributed by atoms with Crippen molar-refractivity contribution < 1.29 is 10.2 Å². The fraction of sp³-hybridized carbons (Fsp3) is 0.444. The zero-order chi connectivity index (χ0) is 11.4. The minimum atomic E-state index is -1.02. The monoisotopic (exact) mass is 313 g/mol. The third kappa shape index (κ3) is 3.57. The first-order valence-electron chi connectivity index (χ1n) is 4.29. The van der Waals surface area contributed by atoms with Crippen molar-refractivity contribution in [2.45, 2.75) is 18.6 Å². The molecule has 0 radical (unpaired) electrons. The first-order valence-corrected chi connectivity index (χ1v) is 6.00. The smallest absolute Gasteiger partial charge is 0.129 e. The second-order valence-electron chi connectivity index (χ2n) is 3.02. The van der Waals surface area contributed by atoms with Crippen LogP contribution in [-0.2, 0) is 0 Å². The topological polar surface area (TPSA) is 53.4 Å². The summed E-state index contributed by atoms with van der Waals surface area (Å²) in [4.78, 5) is 3.83. The molecule has 15 heavy (non-hydrogen) atoms. The number of alkyl halides is 1. The van der Waals surface area contributed by atoms with Gasteiger partial charge in [-0.1, -0.05) is 11.6 Å². The van der Waals surface area contributed by atoms with Crippen molar-refractivity contribution in [3.05, 3.63) is 27.5 Å². The Morgan fingerprint density at radius 1 is 1.47 bits per heavy atom. The molecule has 1 heterocycles. The number of aliphatic hydroxyl groups is 2. The zero-order valence-corrected chi connectivity index (χ0v) is 10.8. The molecule has 1 aromatic rings. The van der Waals surface area contributed by atoms with E-state index < -0.39 is 12.2 Å². The summed E-state index contributed by atoms with van der Waals surface area (Å²) in [7, 11) is 0. The first-order chi connectivity index (χ1) is 7.06. The lowest BCUT2D eigenvalue weighted by molar-refractivity contribution is 0.0165. The van der Waals surface area contributed by atoms with E-state index in [2.05, 4.69) is 20.9 Å². The maximum atomic E-state index is 9.80. The van der Waals surface area contributed by atoms with Gasteiger partial charge in [-0.25, -0.2) is 4.98 Å². The average molecular weight is 315 g/mol. The Hall–Kier alpha value is 0.130. The number of hydrogen-bond acceptors (Lipinski definition) is 3. The summed E-state index contributed by atoms with van der Waals surface area (Å²) < 4.78 is 0.605. The molecule has 0 aliphatic rings. The van der Waals surface area contributed by atoms with Gasteiger partial charge in [0, 0.05) is 22.1 Å². The maximum absolute atomic E-state index is 9.80. The van der Waals surface area contributed by atoms with Gasteiger partial charge in [-0.3, -0.25) is 0 Å². The van der Waals surface area contributed by atoms with Crippen molar-refractivity contribution >= 4 is 39.1 Å². The van der Waals surface area contributed by atoms with Crippen molar-refractivity contribution in [3.8, 4) is 0 Å². The molecule has 2 N–H and O–H groups in total. The standard InChI is InChI=1S/C9H10BrCl2NO2/c10-6-4-13-8(12)3-5(6)9(15)7(14)1-2-11/h3-4,7,9,14-15H,1-2H2. The number of aromatic nitrogens is 1. The fourth-order valence-electron chi connectivity index (χ4n) is 1.13. The van der Waals surface area contributed by atoms with E-state index >= 15 is 0 Å². The van der Waals surface area contributed by atoms with Crippen LogP contribution in [0.1, 0.15) is 18.1 Å². The fourth-order valence-corrected chi connectivity index (χ4v) is 1.97. The number of nitrogens with zero attached hydrogens (tertiary/aromatic N) is 1. The van der Waals surface area contributed by atoms with Crippen molar-refractivity contribution in [1.82, 2.24) is 4.98 Å². The summed E-state index contributed by atoms with van der Waals surface area (Å²) in [6.07, 6.45) is -0.125. The van der Waals surface area contributed by atoms with E-state index in [0.717, 1.165) is 0 Å². The lowest BCUT2D eigenvalue weighted by Crippen LogP contribution is -2.19. The molecular formula is C9H10BrCl2NO2. The van der Waals surface area contributed by atoms with Gasteiger partial charge < -0.3 is 10.2 Å². The maximum Gasteiger partial charge on any atom is 0.129 e. The van der Waals surface area contributed by atoms with Crippen molar-refractivity contribution in [3.63, 3.8) is 0 Å². The van der Waals surface area contributed by atoms with Crippen molar-refractivity contribution in [1.29, 1.82) is 0 Å². The van der Waals surface area contributed by atoms with Crippen LogP contribution in [0.5, 0.6) is 0 Å². The van der Waals surface area contributed by atoms with Crippen LogP contribution in [0, 0.1) is 0 Å². The number of pyridine rings is 1. The van der Waals surface area contributed by atoms with E-state index in [1.54, 1.807) is 0 Å². The molecule has 84 valence electrons. The molecule has 0 amide bonds. The molecule has 1 rings (SSSR count). The predicted molar refractivity (Wildman–Crippen MR) is 63.3 cm³/mol. The molecule has 6 heteroatoms. The van der Waals surface area contributed by atoms with Crippen LogP contribution in [0.3, 0.4) is 0 Å². The molecule has 0 aromatic carbocycles. The lowest BCUT2D eigenvalue weighted by atomic mass is 10.0. The Balaban J connectivity index is 2.89. The second kappa shape index (κ2) is 6.01. The highest BCUT2D eigenvalue weighted by molar-refractivity contribution is 9.10. The van der Waals surface area contributed by atoms with E-state index in [9.17, 15) is 10.2 Å². The van der Waals surface area contributed by atoms with Gasteiger partial charge in [-0.2, -0.15) is 0 Å². The van der Waals surface area contributed by atoms with E-state index in [4.69, 9.17) is 23.2 Å². The van der Waals surface area contributed by atoms with Crippen LogP contribution in [0.4, 0.5) is 0 Å². The molecule has 0 fully saturated rings. The Morgan fingerprint density at radius 3 is 2.73 bits per heavy atom. The molecule has 0 spiro atoms. The zero-order valence-electron chi connectivity index (χ0n) is 7.70. The van der Waals surface area contributed by atoms with Gasteiger partial charge in [-0.15, -0.1) is 11.6 Å². The predicted octanol–water partition coefficient (Wildman–Crippen LogP) is 2.52. The molecule has 0 saturated heterocycles. The SMILES string of the molecule is OC(CCCl)C(O)c1cc(Cl)ncc1Br. The normalized spacial score (nSPS) is 15.0. The van der Waals surface area contributed by atoms with Gasteiger partial charge in [-0.05, 0) is 28.4 Å². The van der Waals surface area contributed by atoms with Gasteiger partial charge in [0.05, 0.1) is 6.10 Å². The van der Waals surface area contributed by atoms with E-state index in [0.29, 0.717) is 16.5 Å². The summed E-state index contributed by atoms with van der Waals surface area (Å²) in [5.41, 5.74) is 0.507. The van der Waals surface area contributed by atoms with Gasteiger partial charge in [0.25, 0.3) is 0 Å². The van der Waals surface area contributed by atoms with Crippen LogP contribution in [0.25, 0.3) is 0 Å². The van der Waals surface area contributed by atoms with Gasteiger partial charge in [0.2, 0.25) is 0 Å². The summed E-state index contributed by atoms with van der Waals surface area (Å²) in [5, 5.41) is 19.6. The molecule has 0 aliphatic carbocycles. The molecule has 0 bridgehead atoms. The molecule has 0 aliphatic heterocycles. The van der Waals surface area contributed by atoms with Crippen molar-refractivity contribution in [2.24, 2.45) is 0 Å². The molecule has 2 unspecified atom stereocenters. The Labute approximate surface area is 106 Å². The van der Waals surface area contributed by atoms with E-state index in [1.165, 1.54) is 12.3 Å².